The van der Waals surface area contributed by atoms with Crippen molar-refractivity contribution in [3.05, 3.63) is 73.5 Å². The highest BCUT2D eigenvalue weighted by Crippen LogP contribution is 2.24. The van der Waals surface area contributed by atoms with Crippen molar-refractivity contribution in [1.82, 2.24) is 5.32 Å². The van der Waals surface area contributed by atoms with Crippen molar-refractivity contribution in [2.24, 2.45) is 0 Å². The summed E-state index contributed by atoms with van der Waals surface area (Å²) >= 11 is 11.4. The first-order valence-corrected chi connectivity index (χ1v) is 7.30. The molecule has 0 aliphatic carbocycles. The van der Waals surface area contributed by atoms with Gasteiger partial charge in [-0.25, -0.2) is 4.39 Å². The molecule has 0 heterocycles. The number of amides is 1. The largest absolute Gasteiger partial charge is 0.352 e. The minimum atomic E-state index is -0.725. The third-order valence-electron chi connectivity index (χ3n) is 3.10. The van der Waals surface area contributed by atoms with E-state index in [1.54, 1.807) is 12.1 Å². The third-order valence-corrected chi connectivity index (χ3v) is 3.70. The number of hydrogen-bond donors (Lipinski definition) is 1. The topological polar surface area (TPSA) is 72.2 Å². The average Bonchev–Trinajstić information content (AvgIpc) is 2.51. The number of halogens is 3. The van der Waals surface area contributed by atoms with Gasteiger partial charge in [-0.3, -0.25) is 14.9 Å². The molecule has 0 unspecified atom stereocenters. The lowest BCUT2D eigenvalue weighted by atomic mass is 10.1. The molecule has 0 aliphatic rings. The second-order valence-electron chi connectivity index (χ2n) is 4.68. The molecular weight excluding hydrogens is 346 g/mol. The Hall–Kier alpha value is -2.18. The maximum absolute atomic E-state index is 13.4. The Bertz CT molecular complexity index is 751. The predicted octanol–water partition coefficient (Wildman–Crippen LogP) is 4.01. The van der Waals surface area contributed by atoms with Crippen LogP contribution in [-0.4, -0.2) is 17.4 Å². The summed E-state index contributed by atoms with van der Waals surface area (Å²) in [5.41, 5.74) is 0.822. The Balaban J connectivity index is 1.94. The van der Waals surface area contributed by atoms with Crippen molar-refractivity contribution in [1.29, 1.82) is 0 Å². The second-order valence-corrected chi connectivity index (χ2v) is 5.49. The molecule has 0 fully saturated rings. The normalized spacial score (nSPS) is 10.4. The van der Waals surface area contributed by atoms with Crippen molar-refractivity contribution < 1.29 is 14.1 Å². The molecule has 1 N–H and O–H groups in total. The molecule has 0 saturated carbocycles. The Morgan fingerprint density at radius 3 is 2.43 bits per heavy atom. The molecule has 1 amide bonds. The fourth-order valence-electron chi connectivity index (χ4n) is 1.90. The summed E-state index contributed by atoms with van der Waals surface area (Å²) in [6, 6.07) is 8.15. The summed E-state index contributed by atoms with van der Waals surface area (Å²) in [4.78, 5) is 22.0. The summed E-state index contributed by atoms with van der Waals surface area (Å²) in [5.74, 6) is -1.25. The molecule has 0 radical (unpaired) electrons. The number of carbonyl (C=O) groups is 1. The van der Waals surface area contributed by atoms with Gasteiger partial charge in [0.05, 0.1) is 20.5 Å². The van der Waals surface area contributed by atoms with Gasteiger partial charge in [0.2, 0.25) is 0 Å². The first kappa shape index (κ1) is 17.2. The Labute approximate surface area is 141 Å². The number of carbonyl (C=O) groups excluding carboxylic acids is 1. The standard InChI is InChI=1S/C15H11Cl2FN2O3/c16-12-8-13(17)14(18)7-11(12)15(21)19-6-5-9-1-3-10(4-2-9)20(22)23/h1-4,7-8H,5-6H2,(H,19,21). The van der Waals surface area contributed by atoms with Gasteiger partial charge in [0.25, 0.3) is 11.6 Å². The number of non-ortho nitro benzene ring substituents is 1. The molecule has 0 spiro atoms. The van der Waals surface area contributed by atoms with Gasteiger partial charge in [-0.1, -0.05) is 35.3 Å². The van der Waals surface area contributed by atoms with E-state index < -0.39 is 16.6 Å². The van der Waals surface area contributed by atoms with Crippen molar-refractivity contribution in [2.45, 2.75) is 6.42 Å². The second kappa shape index (κ2) is 7.39. The number of nitrogens with zero attached hydrogens (tertiary/aromatic N) is 1. The van der Waals surface area contributed by atoms with Crippen LogP contribution in [0, 0.1) is 15.9 Å². The van der Waals surface area contributed by atoms with Gasteiger partial charge >= 0.3 is 0 Å². The third kappa shape index (κ3) is 4.40. The van der Waals surface area contributed by atoms with Crippen LogP contribution in [0.3, 0.4) is 0 Å². The first-order chi connectivity index (χ1) is 10.9. The molecule has 2 aromatic carbocycles. The molecule has 2 aromatic rings. The van der Waals surface area contributed by atoms with Crippen LogP contribution in [0.5, 0.6) is 0 Å². The van der Waals surface area contributed by atoms with E-state index in [4.69, 9.17) is 23.2 Å². The molecule has 0 aromatic heterocycles. The maximum Gasteiger partial charge on any atom is 0.269 e. The number of nitro groups is 1. The van der Waals surface area contributed by atoms with Gasteiger partial charge in [-0.2, -0.15) is 0 Å². The zero-order valence-electron chi connectivity index (χ0n) is 11.7. The highest BCUT2D eigenvalue weighted by Gasteiger charge is 2.14. The molecule has 120 valence electrons. The van der Waals surface area contributed by atoms with E-state index in [0.717, 1.165) is 11.6 Å². The quantitative estimate of drug-likeness (QED) is 0.499. The summed E-state index contributed by atoms with van der Waals surface area (Å²) < 4.78 is 13.4. The van der Waals surface area contributed by atoms with Gasteiger partial charge in [-0.15, -0.1) is 0 Å². The molecule has 0 aliphatic heterocycles. The minimum absolute atomic E-state index is 0.00112. The molecule has 0 atom stereocenters. The minimum Gasteiger partial charge on any atom is -0.352 e. The van der Waals surface area contributed by atoms with Crippen LogP contribution in [-0.2, 0) is 6.42 Å². The van der Waals surface area contributed by atoms with Crippen molar-refractivity contribution >= 4 is 34.8 Å². The van der Waals surface area contributed by atoms with E-state index in [-0.39, 0.29) is 27.8 Å². The zero-order chi connectivity index (χ0) is 17.0. The van der Waals surface area contributed by atoms with Gasteiger partial charge in [0.1, 0.15) is 5.82 Å². The Morgan fingerprint density at radius 1 is 1.17 bits per heavy atom. The number of rotatable bonds is 5. The zero-order valence-corrected chi connectivity index (χ0v) is 13.2. The summed E-state index contributed by atoms with van der Waals surface area (Å²) in [7, 11) is 0. The van der Waals surface area contributed by atoms with Gasteiger partial charge in [-0.05, 0) is 24.1 Å². The van der Waals surface area contributed by atoms with Crippen molar-refractivity contribution in [3.8, 4) is 0 Å². The Morgan fingerprint density at radius 2 is 1.83 bits per heavy atom. The number of hydrogen-bond acceptors (Lipinski definition) is 3. The van der Waals surface area contributed by atoms with Crippen LogP contribution in [0.1, 0.15) is 15.9 Å². The van der Waals surface area contributed by atoms with E-state index in [1.165, 1.54) is 18.2 Å². The summed E-state index contributed by atoms with van der Waals surface area (Å²) in [5, 5.41) is 13.1. The number of nitro benzene ring substituents is 1. The molecular formula is C15H11Cl2FN2O3. The molecule has 0 saturated heterocycles. The van der Waals surface area contributed by atoms with E-state index >= 15 is 0 Å². The van der Waals surface area contributed by atoms with Crippen LogP contribution in [0.15, 0.2) is 36.4 Å². The fraction of sp³-hybridized carbons (Fsp3) is 0.133. The summed E-state index contributed by atoms with van der Waals surface area (Å²) in [6.45, 7) is 0.275. The highest BCUT2D eigenvalue weighted by atomic mass is 35.5. The van der Waals surface area contributed by atoms with E-state index in [1.807, 2.05) is 0 Å². The van der Waals surface area contributed by atoms with Gasteiger partial charge in [0.15, 0.2) is 0 Å². The summed E-state index contributed by atoms with van der Waals surface area (Å²) in [6.07, 6.45) is 0.470. The lowest BCUT2D eigenvalue weighted by Gasteiger charge is -2.08. The van der Waals surface area contributed by atoms with Crippen molar-refractivity contribution in [2.75, 3.05) is 6.54 Å². The number of benzene rings is 2. The Kier molecular flexibility index (Phi) is 5.52. The lowest BCUT2D eigenvalue weighted by Crippen LogP contribution is -2.26. The van der Waals surface area contributed by atoms with E-state index in [2.05, 4.69) is 5.32 Å². The van der Waals surface area contributed by atoms with Crippen LogP contribution in [0.2, 0.25) is 10.0 Å². The molecule has 2 rings (SSSR count). The van der Waals surface area contributed by atoms with Crippen molar-refractivity contribution in [3.63, 3.8) is 0 Å². The molecule has 5 nitrogen and oxygen atoms in total. The smallest absolute Gasteiger partial charge is 0.269 e. The lowest BCUT2D eigenvalue weighted by molar-refractivity contribution is -0.384. The molecule has 8 heteroatoms. The van der Waals surface area contributed by atoms with Crippen LogP contribution >= 0.6 is 23.2 Å². The highest BCUT2D eigenvalue weighted by molar-refractivity contribution is 6.36. The average molecular weight is 357 g/mol. The van der Waals surface area contributed by atoms with Crippen LogP contribution in [0.25, 0.3) is 0 Å². The molecule has 23 heavy (non-hydrogen) atoms. The predicted molar refractivity (Wildman–Crippen MR) is 85.6 cm³/mol. The van der Waals surface area contributed by atoms with Crippen LogP contribution < -0.4 is 5.32 Å². The van der Waals surface area contributed by atoms with Crippen LogP contribution in [0.4, 0.5) is 10.1 Å². The number of nitrogens with one attached hydrogen (secondary N) is 1. The van der Waals surface area contributed by atoms with E-state index in [9.17, 15) is 19.3 Å². The van der Waals surface area contributed by atoms with Gasteiger partial charge < -0.3 is 5.32 Å². The maximum atomic E-state index is 13.4. The van der Waals surface area contributed by atoms with Gasteiger partial charge in [0, 0.05) is 18.7 Å². The SMILES string of the molecule is O=C(NCCc1ccc([N+](=O)[O-])cc1)c1cc(F)c(Cl)cc1Cl. The molecule has 0 bridgehead atoms. The monoisotopic (exact) mass is 356 g/mol. The van der Waals surface area contributed by atoms with E-state index in [0.29, 0.717) is 6.42 Å². The fourth-order valence-corrected chi connectivity index (χ4v) is 2.37. The first-order valence-electron chi connectivity index (χ1n) is 6.54.